The van der Waals surface area contributed by atoms with Crippen LogP contribution in [0.3, 0.4) is 0 Å². The zero-order valence-corrected chi connectivity index (χ0v) is 18.4. The van der Waals surface area contributed by atoms with E-state index in [4.69, 9.17) is 4.74 Å². The Kier molecular flexibility index (Phi) is 4.50. The van der Waals surface area contributed by atoms with Crippen molar-refractivity contribution in [2.45, 2.75) is 39.5 Å². The molecule has 0 unspecified atom stereocenters. The van der Waals surface area contributed by atoms with Gasteiger partial charge in [-0.05, 0) is 30.4 Å². The molecule has 0 radical (unpaired) electrons. The van der Waals surface area contributed by atoms with E-state index in [1.54, 1.807) is 7.11 Å². The van der Waals surface area contributed by atoms with Gasteiger partial charge in [-0.15, -0.1) is 0 Å². The van der Waals surface area contributed by atoms with Crippen molar-refractivity contribution in [1.82, 2.24) is 10.2 Å². The van der Waals surface area contributed by atoms with E-state index in [0.29, 0.717) is 6.42 Å². The normalized spacial score (nSPS) is 19.5. The molecular weight excluding hydrogens is 386 g/mol. The van der Waals surface area contributed by atoms with Crippen molar-refractivity contribution in [1.29, 1.82) is 0 Å². The molecule has 0 saturated heterocycles. The second-order valence-corrected chi connectivity index (χ2v) is 9.36. The number of carbonyl (C=O) groups excluding carboxylic acids is 1. The van der Waals surface area contributed by atoms with Crippen LogP contribution in [-0.2, 0) is 4.79 Å². The van der Waals surface area contributed by atoms with Crippen LogP contribution in [0.2, 0.25) is 0 Å². The highest BCUT2D eigenvalue weighted by Crippen LogP contribution is 2.52. The first kappa shape index (κ1) is 19.6. The Morgan fingerprint density at radius 2 is 1.81 bits per heavy atom. The molecule has 0 bridgehead atoms. The van der Waals surface area contributed by atoms with Crippen molar-refractivity contribution in [2.24, 2.45) is 5.41 Å². The highest BCUT2D eigenvalue weighted by atomic mass is 16.5. The highest BCUT2D eigenvalue weighted by molar-refractivity contribution is 6.02. The smallest absolute Gasteiger partial charge is 0.162 e. The number of Topliss-reactive ketones (excluding diaryl/α,β-unsaturated/α-hetero) is 1. The second kappa shape index (κ2) is 7.12. The summed E-state index contributed by atoms with van der Waals surface area (Å²) in [7, 11) is 1.68. The number of aromatic nitrogens is 2. The van der Waals surface area contributed by atoms with Gasteiger partial charge < -0.3 is 10.1 Å². The first-order valence-electron chi connectivity index (χ1n) is 10.7. The lowest BCUT2D eigenvalue weighted by Gasteiger charge is -2.38. The number of benzene rings is 2. The summed E-state index contributed by atoms with van der Waals surface area (Å²) >= 11 is 0. The number of ketones is 1. The molecular formula is C26H27N3O2. The van der Waals surface area contributed by atoms with Crippen LogP contribution in [0.4, 0.5) is 5.82 Å². The van der Waals surface area contributed by atoms with Gasteiger partial charge in [-0.2, -0.15) is 5.10 Å². The van der Waals surface area contributed by atoms with Crippen LogP contribution in [0.15, 0.2) is 59.8 Å². The third-order valence-electron chi connectivity index (χ3n) is 6.36. The van der Waals surface area contributed by atoms with E-state index in [9.17, 15) is 4.79 Å². The third-order valence-corrected chi connectivity index (χ3v) is 6.36. The maximum atomic E-state index is 13.5. The molecule has 3 aromatic rings. The number of anilines is 1. The van der Waals surface area contributed by atoms with Crippen molar-refractivity contribution in [3.8, 4) is 17.0 Å². The van der Waals surface area contributed by atoms with Crippen LogP contribution in [0.5, 0.6) is 5.75 Å². The van der Waals surface area contributed by atoms with Crippen LogP contribution < -0.4 is 10.1 Å². The number of para-hydroxylation sites is 1. The van der Waals surface area contributed by atoms with E-state index < -0.39 is 0 Å². The molecule has 2 heterocycles. The molecule has 5 heteroatoms. The van der Waals surface area contributed by atoms with Gasteiger partial charge in [0.25, 0.3) is 0 Å². The van der Waals surface area contributed by atoms with E-state index >= 15 is 0 Å². The number of fused-ring (bicyclic) bond motifs is 1. The fourth-order valence-electron chi connectivity index (χ4n) is 4.95. The molecule has 158 valence electrons. The Labute approximate surface area is 182 Å². The molecule has 1 aliphatic carbocycles. The summed E-state index contributed by atoms with van der Waals surface area (Å²) in [5.74, 6) is 1.52. The van der Waals surface area contributed by atoms with Crippen molar-refractivity contribution in [2.75, 3.05) is 12.4 Å². The van der Waals surface area contributed by atoms with E-state index in [2.05, 4.69) is 66.6 Å². The molecule has 0 saturated carbocycles. The minimum atomic E-state index is -0.235. The fourth-order valence-corrected chi connectivity index (χ4v) is 4.95. The van der Waals surface area contributed by atoms with Crippen LogP contribution in [0, 0.1) is 12.3 Å². The van der Waals surface area contributed by atoms with E-state index in [0.717, 1.165) is 51.6 Å². The summed E-state index contributed by atoms with van der Waals surface area (Å²) < 4.78 is 5.72. The SMILES string of the molecule is COc1ccccc1[C@H]1C2=C(CC(C)(C)CC2=O)Nc2n[nH]c(-c3ccc(C)cc3)c21. The van der Waals surface area contributed by atoms with Gasteiger partial charge >= 0.3 is 0 Å². The van der Waals surface area contributed by atoms with Crippen LogP contribution in [0.25, 0.3) is 11.3 Å². The zero-order valence-electron chi connectivity index (χ0n) is 18.4. The summed E-state index contributed by atoms with van der Waals surface area (Å²) in [6, 6.07) is 16.4. The first-order chi connectivity index (χ1) is 14.9. The lowest BCUT2D eigenvalue weighted by Crippen LogP contribution is -2.33. The molecule has 31 heavy (non-hydrogen) atoms. The Bertz CT molecular complexity index is 1200. The summed E-state index contributed by atoms with van der Waals surface area (Å²) in [5.41, 5.74) is 6.91. The minimum absolute atomic E-state index is 0.0815. The Morgan fingerprint density at radius 3 is 2.55 bits per heavy atom. The van der Waals surface area contributed by atoms with Crippen molar-refractivity contribution in [3.05, 3.63) is 76.5 Å². The van der Waals surface area contributed by atoms with E-state index in [1.807, 2.05) is 18.2 Å². The fraction of sp³-hybridized carbons (Fsp3) is 0.308. The average Bonchev–Trinajstić information content (AvgIpc) is 3.15. The van der Waals surface area contributed by atoms with E-state index in [-0.39, 0.29) is 17.1 Å². The monoisotopic (exact) mass is 413 g/mol. The molecule has 0 amide bonds. The second-order valence-electron chi connectivity index (χ2n) is 9.36. The minimum Gasteiger partial charge on any atom is -0.496 e. The topological polar surface area (TPSA) is 67.0 Å². The van der Waals surface area contributed by atoms with Crippen molar-refractivity contribution >= 4 is 11.6 Å². The van der Waals surface area contributed by atoms with Crippen LogP contribution in [0.1, 0.15) is 49.3 Å². The van der Waals surface area contributed by atoms with Crippen molar-refractivity contribution in [3.63, 3.8) is 0 Å². The van der Waals surface area contributed by atoms with Gasteiger partial charge in [0.05, 0.1) is 12.8 Å². The maximum Gasteiger partial charge on any atom is 0.162 e. The molecule has 0 spiro atoms. The number of methoxy groups -OCH3 is 1. The molecule has 2 aromatic carbocycles. The van der Waals surface area contributed by atoms with Gasteiger partial charge in [-0.25, -0.2) is 0 Å². The van der Waals surface area contributed by atoms with Crippen LogP contribution in [-0.4, -0.2) is 23.1 Å². The van der Waals surface area contributed by atoms with Gasteiger partial charge in [0.15, 0.2) is 11.6 Å². The molecule has 5 rings (SSSR count). The summed E-state index contributed by atoms with van der Waals surface area (Å²) in [6.07, 6.45) is 1.35. The number of nitrogens with one attached hydrogen (secondary N) is 2. The molecule has 2 aliphatic rings. The van der Waals surface area contributed by atoms with Gasteiger partial charge in [0.1, 0.15) is 5.75 Å². The van der Waals surface area contributed by atoms with Gasteiger partial charge in [0, 0.05) is 34.7 Å². The molecule has 1 aliphatic heterocycles. The third kappa shape index (κ3) is 3.25. The van der Waals surface area contributed by atoms with E-state index in [1.165, 1.54) is 5.56 Å². The number of carbonyl (C=O) groups is 1. The molecule has 1 atom stereocenters. The summed E-state index contributed by atoms with van der Waals surface area (Å²) in [4.78, 5) is 13.5. The van der Waals surface area contributed by atoms with Gasteiger partial charge in [-0.3, -0.25) is 9.89 Å². The highest BCUT2D eigenvalue weighted by Gasteiger charge is 2.43. The number of hydrogen-bond acceptors (Lipinski definition) is 4. The number of H-pyrrole nitrogens is 1. The zero-order chi connectivity index (χ0) is 21.8. The Morgan fingerprint density at radius 1 is 1.06 bits per heavy atom. The lowest BCUT2D eigenvalue weighted by atomic mass is 9.68. The molecule has 0 fully saturated rings. The number of rotatable bonds is 3. The largest absolute Gasteiger partial charge is 0.496 e. The maximum absolute atomic E-state index is 13.5. The number of aromatic amines is 1. The Balaban J connectivity index is 1.76. The number of allylic oxidation sites excluding steroid dienone is 2. The molecule has 1 aromatic heterocycles. The number of nitrogens with zero attached hydrogens (tertiary/aromatic N) is 1. The van der Waals surface area contributed by atoms with Gasteiger partial charge in [0.2, 0.25) is 0 Å². The predicted octanol–water partition coefficient (Wildman–Crippen LogP) is 5.59. The van der Waals surface area contributed by atoms with Crippen molar-refractivity contribution < 1.29 is 9.53 Å². The Hall–Kier alpha value is -3.34. The van der Waals surface area contributed by atoms with Crippen LogP contribution >= 0.6 is 0 Å². The first-order valence-corrected chi connectivity index (χ1v) is 10.7. The quantitative estimate of drug-likeness (QED) is 0.587. The van der Waals surface area contributed by atoms with Gasteiger partial charge in [-0.1, -0.05) is 61.9 Å². The standard InChI is InChI=1S/C26H27N3O2/c1-15-9-11-16(12-10-15)24-23-21(17-7-5-6-8-20(17)31-4)22-18(27-25(23)29-28-24)13-26(2,3)14-19(22)30/h5-12,21H,13-14H2,1-4H3,(H2,27,28,29)/t21-/m0/s1. The summed E-state index contributed by atoms with van der Waals surface area (Å²) in [5, 5.41) is 11.4. The molecule has 2 N–H and O–H groups in total. The molecule has 5 nitrogen and oxygen atoms in total. The number of aryl methyl sites for hydroxylation is 1. The predicted molar refractivity (Wildman–Crippen MR) is 122 cm³/mol. The number of ether oxygens (including phenoxy) is 1. The number of hydrogen-bond donors (Lipinski definition) is 2. The summed E-state index contributed by atoms with van der Waals surface area (Å²) in [6.45, 7) is 6.36. The average molecular weight is 414 g/mol. The lowest BCUT2D eigenvalue weighted by molar-refractivity contribution is -0.118.